The number of anilines is 1. The van der Waals surface area contributed by atoms with Gasteiger partial charge in [-0.25, -0.2) is 9.97 Å². The molecule has 4 nitrogen and oxygen atoms in total. The van der Waals surface area contributed by atoms with Crippen LogP contribution in [0.25, 0.3) is 0 Å². The van der Waals surface area contributed by atoms with Crippen LogP contribution in [0.5, 0.6) is 0 Å². The second-order valence-corrected chi connectivity index (χ2v) is 5.18. The minimum Gasteiger partial charge on any atom is -0.370 e. The average Bonchev–Trinajstić information content (AvgIpc) is 2.36. The zero-order valence-corrected chi connectivity index (χ0v) is 12.9. The molecular formula is C15H28N4. The monoisotopic (exact) mass is 264 g/mol. The van der Waals surface area contributed by atoms with Crippen molar-refractivity contribution in [2.24, 2.45) is 0 Å². The summed E-state index contributed by atoms with van der Waals surface area (Å²) >= 11 is 0. The van der Waals surface area contributed by atoms with Crippen molar-refractivity contribution in [2.45, 2.75) is 53.0 Å². The molecule has 0 aliphatic heterocycles. The molecule has 0 amide bonds. The van der Waals surface area contributed by atoms with Gasteiger partial charge >= 0.3 is 0 Å². The summed E-state index contributed by atoms with van der Waals surface area (Å²) in [6.45, 7) is 9.31. The van der Waals surface area contributed by atoms with Gasteiger partial charge in [0.15, 0.2) is 0 Å². The fourth-order valence-corrected chi connectivity index (χ4v) is 2.00. The molecule has 108 valence electrons. The molecule has 1 aromatic heterocycles. The first-order chi connectivity index (χ1) is 9.15. The molecule has 0 aliphatic rings. The summed E-state index contributed by atoms with van der Waals surface area (Å²) < 4.78 is 0. The molecule has 4 heteroatoms. The number of hydrogen-bond acceptors (Lipinski definition) is 4. The predicted molar refractivity (Wildman–Crippen MR) is 81.4 cm³/mol. The molecule has 1 N–H and O–H groups in total. The molecule has 0 saturated heterocycles. The van der Waals surface area contributed by atoms with Crippen LogP contribution in [-0.2, 0) is 6.54 Å². The second kappa shape index (κ2) is 8.86. The van der Waals surface area contributed by atoms with E-state index in [9.17, 15) is 0 Å². The standard InChI is InChI=1S/C15H28N4/c1-5-7-8-10-19(4)12-15-17-13(3)11-14(18-15)16-9-6-2/h11H,5-10,12H2,1-4H3,(H,16,17,18). The Bertz CT molecular complexity index is 365. The molecule has 1 heterocycles. The van der Waals surface area contributed by atoms with Crippen molar-refractivity contribution < 1.29 is 0 Å². The maximum atomic E-state index is 4.58. The van der Waals surface area contributed by atoms with Crippen LogP contribution in [0.2, 0.25) is 0 Å². The Labute approximate surface area is 117 Å². The number of aromatic nitrogens is 2. The molecule has 0 spiro atoms. The summed E-state index contributed by atoms with van der Waals surface area (Å²) in [6, 6.07) is 2.01. The Kier molecular flexibility index (Phi) is 7.41. The van der Waals surface area contributed by atoms with Crippen molar-refractivity contribution in [1.82, 2.24) is 14.9 Å². The summed E-state index contributed by atoms with van der Waals surface area (Å²) in [5.41, 5.74) is 1.03. The highest BCUT2D eigenvalue weighted by Gasteiger charge is 2.05. The van der Waals surface area contributed by atoms with E-state index >= 15 is 0 Å². The molecule has 0 atom stereocenters. The molecule has 0 aliphatic carbocycles. The van der Waals surface area contributed by atoms with E-state index < -0.39 is 0 Å². The zero-order chi connectivity index (χ0) is 14.1. The van der Waals surface area contributed by atoms with Crippen molar-refractivity contribution in [3.63, 3.8) is 0 Å². The lowest BCUT2D eigenvalue weighted by Crippen LogP contribution is -2.21. The maximum absolute atomic E-state index is 4.58. The van der Waals surface area contributed by atoms with E-state index in [1.54, 1.807) is 0 Å². The molecule has 0 bridgehead atoms. The fraction of sp³-hybridized carbons (Fsp3) is 0.733. The van der Waals surface area contributed by atoms with E-state index in [2.05, 4.69) is 41.1 Å². The van der Waals surface area contributed by atoms with Crippen molar-refractivity contribution >= 4 is 5.82 Å². The van der Waals surface area contributed by atoms with Gasteiger partial charge in [0.1, 0.15) is 11.6 Å². The van der Waals surface area contributed by atoms with Crippen LogP contribution in [0.1, 0.15) is 51.0 Å². The minimum atomic E-state index is 0.826. The van der Waals surface area contributed by atoms with Crippen LogP contribution in [0.15, 0.2) is 6.07 Å². The molecule has 1 aromatic rings. The Hall–Kier alpha value is -1.16. The fourth-order valence-electron chi connectivity index (χ4n) is 2.00. The van der Waals surface area contributed by atoms with Gasteiger partial charge in [0.2, 0.25) is 0 Å². The lowest BCUT2D eigenvalue weighted by Gasteiger charge is -2.16. The highest BCUT2D eigenvalue weighted by atomic mass is 15.1. The van der Waals surface area contributed by atoms with Gasteiger partial charge < -0.3 is 5.32 Å². The Morgan fingerprint density at radius 2 is 1.95 bits per heavy atom. The van der Waals surface area contributed by atoms with Gasteiger partial charge in [0.05, 0.1) is 6.54 Å². The SMILES string of the molecule is CCCCCN(C)Cc1nc(C)cc(NCCC)n1. The summed E-state index contributed by atoms with van der Waals surface area (Å²) in [7, 11) is 2.14. The summed E-state index contributed by atoms with van der Waals surface area (Å²) in [6.07, 6.45) is 4.91. The quantitative estimate of drug-likeness (QED) is 0.695. The maximum Gasteiger partial charge on any atom is 0.144 e. The van der Waals surface area contributed by atoms with Gasteiger partial charge in [-0.15, -0.1) is 0 Å². The summed E-state index contributed by atoms with van der Waals surface area (Å²) in [5.74, 6) is 1.86. The van der Waals surface area contributed by atoms with Gasteiger partial charge in [-0.2, -0.15) is 0 Å². The third-order valence-electron chi connectivity index (χ3n) is 3.01. The largest absolute Gasteiger partial charge is 0.370 e. The van der Waals surface area contributed by atoms with E-state index in [-0.39, 0.29) is 0 Å². The first kappa shape index (κ1) is 15.9. The van der Waals surface area contributed by atoms with E-state index in [0.29, 0.717) is 0 Å². The lowest BCUT2D eigenvalue weighted by molar-refractivity contribution is 0.310. The average molecular weight is 264 g/mol. The first-order valence-electron chi connectivity index (χ1n) is 7.42. The van der Waals surface area contributed by atoms with Crippen LogP contribution in [-0.4, -0.2) is 35.0 Å². The normalized spacial score (nSPS) is 11.0. The van der Waals surface area contributed by atoms with Crippen molar-refractivity contribution in [1.29, 1.82) is 0 Å². The molecular weight excluding hydrogens is 236 g/mol. The van der Waals surface area contributed by atoms with Crippen LogP contribution in [0, 0.1) is 6.92 Å². The van der Waals surface area contributed by atoms with Crippen LogP contribution in [0.3, 0.4) is 0 Å². The van der Waals surface area contributed by atoms with Crippen LogP contribution < -0.4 is 5.32 Å². The zero-order valence-electron chi connectivity index (χ0n) is 12.9. The van der Waals surface area contributed by atoms with Gasteiger partial charge in [-0.05, 0) is 33.4 Å². The van der Waals surface area contributed by atoms with Gasteiger partial charge in [0, 0.05) is 18.3 Å². The van der Waals surface area contributed by atoms with E-state index in [1.807, 2.05) is 13.0 Å². The molecule has 19 heavy (non-hydrogen) atoms. The number of nitrogens with one attached hydrogen (secondary N) is 1. The van der Waals surface area contributed by atoms with E-state index in [1.165, 1.54) is 19.3 Å². The molecule has 1 rings (SSSR count). The molecule has 0 radical (unpaired) electrons. The Morgan fingerprint density at radius 1 is 1.16 bits per heavy atom. The molecule has 0 saturated carbocycles. The molecule has 0 unspecified atom stereocenters. The Morgan fingerprint density at radius 3 is 2.63 bits per heavy atom. The number of unbranched alkanes of at least 4 members (excludes halogenated alkanes) is 2. The van der Waals surface area contributed by atoms with Crippen molar-refractivity contribution in [3.8, 4) is 0 Å². The second-order valence-electron chi connectivity index (χ2n) is 5.18. The molecule has 0 aromatic carbocycles. The number of hydrogen-bond donors (Lipinski definition) is 1. The van der Waals surface area contributed by atoms with Crippen LogP contribution >= 0.6 is 0 Å². The lowest BCUT2D eigenvalue weighted by atomic mass is 10.2. The van der Waals surface area contributed by atoms with Crippen molar-refractivity contribution in [3.05, 3.63) is 17.6 Å². The van der Waals surface area contributed by atoms with E-state index in [4.69, 9.17) is 0 Å². The minimum absolute atomic E-state index is 0.826. The Balaban J connectivity index is 2.54. The topological polar surface area (TPSA) is 41.1 Å². The first-order valence-corrected chi connectivity index (χ1v) is 7.42. The number of nitrogens with zero attached hydrogens (tertiary/aromatic N) is 3. The van der Waals surface area contributed by atoms with Crippen molar-refractivity contribution in [2.75, 3.05) is 25.5 Å². The smallest absolute Gasteiger partial charge is 0.144 e. The summed E-state index contributed by atoms with van der Waals surface area (Å²) in [5, 5.41) is 3.33. The molecule has 0 fully saturated rings. The van der Waals surface area contributed by atoms with Gasteiger partial charge in [-0.1, -0.05) is 26.7 Å². The third kappa shape index (κ3) is 6.53. The highest BCUT2D eigenvalue weighted by Crippen LogP contribution is 2.08. The third-order valence-corrected chi connectivity index (χ3v) is 3.01. The van der Waals surface area contributed by atoms with Gasteiger partial charge in [0.25, 0.3) is 0 Å². The van der Waals surface area contributed by atoms with Crippen LogP contribution in [0.4, 0.5) is 5.82 Å². The highest BCUT2D eigenvalue weighted by molar-refractivity contribution is 5.35. The number of rotatable bonds is 9. The summed E-state index contributed by atoms with van der Waals surface area (Å²) in [4.78, 5) is 11.4. The van der Waals surface area contributed by atoms with Gasteiger partial charge in [-0.3, -0.25) is 4.90 Å². The predicted octanol–water partition coefficient (Wildman–Crippen LogP) is 3.23. The number of aryl methyl sites for hydroxylation is 1. The van der Waals surface area contributed by atoms with E-state index in [0.717, 1.165) is 43.4 Å².